The van der Waals surface area contributed by atoms with Crippen LogP contribution in [0.2, 0.25) is 18.1 Å². The molecule has 2 unspecified atom stereocenters. The lowest BCUT2D eigenvalue weighted by Gasteiger charge is -2.41. The van der Waals surface area contributed by atoms with Crippen molar-refractivity contribution in [2.24, 2.45) is 5.92 Å². The van der Waals surface area contributed by atoms with Crippen molar-refractivity contribution in [2.75, 3.05) is 41.2 Å². The van der Waals surface area contributed by atoms with Crippen LogP contribution in [0.5, 0.6) is 11.5 Å². The highest BCUT2D eigenvalue weighted by atomic mass is 28.4. The molecule has 1 aliphatic carbocycles. The van der Waals surface area contributed by atoms with E-state index in [-0.39, 0.29) is 49.7 Å². The Kier molecular flexibility index (Phi) is 11.2. The van der Waals surface area contributed by atoms with Gasteiger partial charge in [0.05, 0.1) is 44.4 Å². The third kappa shape index (κ3) is 6.48. The van der Waals surface area contributed by atoms with E-state index < -0.39 is 43.3 Å². The number of rotatable bonds is 14. The van der Waals surface area contributed by atoms with Crippen LogP contribution in [0.4, 0.5) is 0 Å². The molecule has 1 aromatic carbocycles. The lowest BCUT2D eigenvalue weighted by atomic mass is 9.79. The van der Waals surface area contributed by atoms with Crippen molar-refractivity contribution in [1.82, 2.24) is 4.90 Å². The van der Waals surface area contributed by atoms with E-state index in [1.54, 1.807) is 0 Å². The van der Waals surface area contributed by atoms with Crippen LogP contribution < -0.4 is 9.47 Å². The van der Waals surface area contributed by atoms with Gasteiger partial charge in [-0.2, -0.15) is 0 Å². The van der Waals surface area contributed by atoms with E-state index in [0.717, 1.165) is 29.3 Å². The molecule has 0 aromatic heterocycles. The first kappa shape index (κ1) is 37.6. The molecule has 13 heteroatoms. The van der Waals surface area contributed by atoms with Gasteiger partial charge in [0.25, 0.3) is 0 Å². The minimum absolute atomic E-state index is 0.0668. The normalized spacial score (nSPS) is 20.9. The van der Waals surface area contributed by atoms with Crippen LogP contribution in [0, 0.1) is 5.92 Å². The Hall–Kier alpha value is -3.68. The monoisotopic (exact) mass is 713 g/mol. The molecule has 1 spiro atoms. The molecule has 0 radical (unpaired) electrons. The zero-order valence-corrected chi connectivity index (χ0v) is 31.7. The predicted molar refractivity (Wildman–Crippen MR) is 186 cm³/mol. The molecule has 0 saturated carbocycles. The van der Waals surface area contributed by atoms with Crippen LogP contribution in [0.25, 0.3) is 5.57 Å². The molecule has 4 aliphatic rings. The van der Waals surface area contributed by atoms with E-state index in [4.69, 9.17) is 32.8 Å². The molecule has 0 N–H and O–H groups in total. The molecular formula is C37H51NO11Si. The molecular weight excluding hydrogens is 662 g/mol. The predicted octanol–water partition coefficient (Wildman–Crippen LogP) is 5.48. The summed E-state index contributed by atoms with van der Waals surface area (Å²) in [5.74, 6) is -0.819. The Morgan fingerprint density at radius 1 is 0.940 bits per heavy atom. The summed E-state index contributed by atoms with van der Waals surface area (Å²) in [4.78, 5) is 57.1. The van der Waals surface area contributed by atoms with E-state index in [1.807, 2.05) is 12.1 Å². The highest BCUT2D eigenvalue weighted by Gasteiger charge is 2.60. The Labute approximate surface area is 295 Å². The second kappa shape index (κ2) is 14.9. The van der Waals surface area contributed by atoms with Gasteiger partial charge in [0.15, 0.2) is 25.4 Å². The fraction of sp³-hybridized carbons (Fsp3) is 0.622. The molecule has 0 bridgehead atoms. The largest absolute Gasteiger partial charge is 0.469 e. The number of carbonyl (C=O) groups excluding carboxylic acids is 4. The van der Waals surface area contributed by atoms with Crippen molar-refractivity contribution in [3.8, 4) is 11.5 Å². The lowest BCUT2D eigenvalue weighted by Crippen LogP contribution is -2.54. The highest BCUT2D eigenvalue weighted by molar-refractivity contribution is 6.73. The topological polar surface area (TPSA) is 136 Å². The first-order valence-corrected chi connectivity index (χ1v) is 20.2. The van der Waals surface area contributed by atoms with Crippen LogP contribution in [-0.2, 0) is 49.0 Å². The zero-order chi connectivity index (χ0) is 36.4. The molecule has 12 nitrogen and oxygen atoms in total. The fourth-order valence-corrected chi connectivity index (χ4v) is 11.1. The molecule has 274 valence electrons. The van der Waals surface area contributed by atoms with Crippen LogP contribution in [0.15, 0.2) is 29.0 Å². The summed E-state index contributed by atoms with van der Waals surface area (Å²) < 4.78 is 40.7. The molecule has 3 heterocycles. The number of fused-ring (bicyclic) bond motifs is 3. The van der Waals surface area contributed by atoms with Crippen molar-refractivity contribution in [3.63, 3.8) is 0 Å². The van der Waals surface area contributed by atoms with E-state index in [9.17, 15) is 19.2 Å². The van der Waals surface area contributed by atoms with Crippen molar-refractivity contribution in [2.45, 2.75) is 102 Å². The number of methoxy groups -OCH3 is 3. The van der Waals surface area contributed by atoms with Crippen LogP contribution in [0.3, 0.4) is 0 Å². The van der Waals surface area contributed by atoms with Gasteiger partial charge in [0, 0.05) is 25.1 Å². The molecule has 2 atom stereocenters. The van der Waals surface area contributed by atoms with Gasteiger partial charge >= 0.3 is 23.9 Å². The number of hydrogen-bond donors (Lipinski definition) is 0. The van der Waals surface area contributed by atoms with E-state index in [0.29, 0.717) is 48.6 Å². The SMILES string of the molecule is CC[Si](CC)(CC)OC(CCC(C)C)(CC(=O)OC)C(=O)OC1=C2c3cc4c(cc3CCN3CC(C(=O)OC)=C(C(=O)OC)C23CC1)OCO4. The molecule has 0 fully saturated rings. The lowest BCUT2D eigenvalue weighted by molar-refractivity contribution is -0.167. The first-order chi connectivity index (χ1) is 23.9. The van der Waals surface area contributed by atoms with Crippen LogP contribution in [0.1, 0.15) is 77.8 Å². The third-order valence-corrected chi connectivity index (χ3v) is 15.8. The van der Waals surface area contributed by atoms with Crippen LogP contribution >= 0.6 is 0 Å². The Morgan fingerprint density at radius 3 is 2.20 bits per heavy atom. The minimum Gasteiger partial charge on any atom is -0.469 e. The van der Waals surface area contributed by atoms with Crippen molar-refractivity contribution in [3.05, 3.63) is 40.2 Å². The maximum atomic E-state index is 14.9. The van der Waals surface area contributed by atoms with Gasteiger partial charge in [-0.3, -0.25) is 9.69 Å². The summed E-state index contributed by atoms with van der Waals surface area (Å²) in [6.07, 6.45) is 1.74. The van der Waals surface area contributed by atoms with Crippen molar-refractivity contribution >= 4 is 37.8 Å². The van der Waals surface area contributed by atoms with E-state index in [1.165, 1.54) is 21.3 Å². The number of ether oxygens (including phenoxy) is 6. The second-order valence-electron chi connectivity index (χ2n) is 13.9. The number of esters is 4. The molecule has 1 aromatic rings. The zero-order valence-electron chi connectivity index (χ0n) is 30.7. The summed E-state index contributed by atoms with van der Waals surface area (Å²) in [6.45, 7) is 11.0. The number of carbonyl (C=O) groups is 4. The molecule has 3 aliphatic heterocycles. The van der Waals surface area contributed by atoms with Gasteiger partial charge in [-0.25, -0.2) is 14.4 Å². The van der Waals surface area contributed by atoms with Crippen molar-refractivity contribution < 1.29 is 52.0 Å². The van der Waals surface area contributed by atoms with E-state index in [2.05, 4.69) is 39.5 Å². The summed E-state index contributed by atoms with van der Waals surface area (Å²) in [6, 6.07) is 6.07. The van der Waals surface area contributed by atoms with Gasteiger partial charge < -0.3 is 32.8 Å². The highest BCUT2D eigenvalue weighted by Crippen LogP contribution is 2.57. The third-order valence-electron chi connectivity index (χ3n) is 11.1. The molecule has 50 heavy (non-hydrogen) atoms. The van der Waals surface area contributed by atoms with Gasteiger partial charge in [-0.15, -0.1) is 0 Å². The van der Waals surface area contributed by atoms with Gasteiger partial charge in [0.2, 0.25) is 6.79 Å². The molecule has 0 amide bonds. The maximum Gasteiger partial charge on any atom is 0.342 e. The number of allylic oxidation sites excluding steroid dienone is 1. The summed E-state index contributed by atoms with van der Waals surface area (Å²) in [5, 5.41) is 0. The average molecular weight is 714 g/mol. The van der Waals surface area contributed by atoms with E-state index >= 15 is 0 Å². The average Bonchev–Trinajstić information content (AvgIpc) is 3.80. The van der Waals surface area contributed by atoms with Gasteiger partial charge in [0.1, 0.15) is 5.76 Å². The van der Waals surface area contributed by atoms with Crippen molar-refractivity contribution in [1.29, 1.82) is 0 Å². The second-order valence-corrected chi connectivity index (χ2v) is 18.6. The summed E-state index contributed by atoms with van der Waals surface area (Å²) in [7, 11) is 1.37. The first-order valence-electron chi connectivity index (χ1n) is 17.7. The van der Waals surface area contributed by atoms with Gasteiger partial charge in [-0.1, -0.05) is 34.6 Å². The standard InChI is InChI=1S/C37H51NO11Si/c1-9-50(10-2,11-3)49-36(15-12-23(4)5,20-30(39)43-6)35(42)48-27-13-16-37-31(27)25-19-29-28(46-22-47-29)18-24(25)14-17-38(37)21-26(33(40)44-7)32(37)34(41)45-8/h18-19,23H,9-17,20-22H2,1-8H3. The number of benzene rings is 1. The summed E-state index contributed by atoms with van der Waals surface area (Å²) >= 11 is 0. The van der Waals surface area contributed by atoms with Crippen LogP contribution in [-0.4, -0.2) is 89.4 Å². The Morgan fingerprint density at radius 2 is 1.60 bits per heavy atom. The Balaban J connectivity index is 1.75. The van der Waals surface area contributed by atoms with Gasteiger partial charge in [-0.05, 0) is 73.0 Å². The minimum atomic E-state index is -2.50. The summed E-state index contributed by atoms with van der Waals surface area (Å²) in [5.41, 5.74) is -0.150. The molecule has 5 rings (SSSR count). The number of nitrogens with zero attached hydrogens (tertiary/aromatic N) is 1. The maximum absolute atomic E-state index is 14.9. The Bertz CT molecular complexity index is 1590. The fourth-order valence-electron chi connectivity index (χ4n) is 8.07. The molecule has 0 saturated heterocycles. The smallest absolute Gasteiger partial charge is 0.342 e. The number of hydrogen-bond acceptors (Lipinski definition) is 12. The quantitative estimate of drug-likeness (QED) is 0.137.